The molecule has 1 aromatic carbocycles. The number of hydrogen-bond donors (Lipinski definition) is 2. The van der Waals surface area contributed by atoms with E-state index in [4.69, 9.17) is 11.5 Å². The third-order valence-electron chi connectivity index (χ3n) is 2.53. The SMILES string of the molecule is Cc1cc(N=NC2=IN(C=O)C=CC=C2)c(N)cc1N. The molecule has 1 amide bonds. The standard InChI is InChI=1S/C13H14IN5O/c1-9-6-12(11(16)7-10(9)15)17-18-13-4-2-3-5-19(8-20)14-13/h2-8H,15-16H2,1H3. The number of hydrogen-bond acceptors (Lipinski definition) is 5. The highest BCUT2D eigenvalue weighted by Gasteiger charge is 2.03. The van der Waals surface area contributed by atoms with Crippen molar-refractivity contribution < 1.29 is 4.79 Å². The molecule has 0 saturated carbocycles. The maximum atomic E-state index is 10.8. The van der Waals surface area contributed by atoms with Crippen LogP contribution in [0, 0.1) is 6.92 Å². The van der Waals surface area contributed by atoms with Gasteiger partial charge in [0.25, 0.3) is 0 Å². The summed E-state index contributed by atoms with van der Waals surface area (Å²) >= 11 is -0.685. The zero-order valence-corrected chi connectivity index (χ0v) is 13.0. The minimum atomic E-state index is -0.685. The molecule has 2 rings (SSSR count). The van der Waals surface area contributed by atoms with Crippen LogP contribution >= 0.6 is 21.0 Å². The molecule has 1 heterocycles. The second-order valence-corrected chi connectivity index (χ2v) is 6.73. The average Bonchev–Trinajstić information content (AvgIpc) is 2.66. The summed E-state index contributed by atoms with van der Waals surface area (Å²) in [6, 6.07) is 3.47. The van der Waals surface area contributed by atoms with E-state index in [1.807, 2.05) is 19.1 Å². The molecule has 0 aromatic heterocycles. The Kier molecular flexibility index (Phi) is 4.61. The number of halogens is 1. The highest BCUT2D eigenvalue weighted by molar-refractivity contribution is 14.2. The molecule has 0 unspecified atom stereocenters. The normalized spacial score (nSPS) is 14.8. The Morgan fingerprint density at radius 3 is 2.75 bits per heavy atom. The number of azo groups is 1. The van der Waals surface area contributed by atoms with E-state index in [2.05, 4.69) is 10.2 Å². The number of amides is 1. The average molecular weight is 383 g/mol. The lowest BCUT2D eigenvalue weighted by atomic mass is 10.1. The smallest absolute Gasteiger partial charge is 0.222 e. The monoisotopic (exact) mass is 383 g/mol. The van der Waals surface area contributed by atoms with Gasteiger partial charge in [0.1, 0.15) is 9.32 Å². The van der Waals surface area contributed by atoms with Crippen molar-refractivity contribution in [3.8, 4) is 0 Å². The third-order valence-corrected chi connectivity index (χ3v) is 4.70. The summed E-state index contributed by atoms with van der Waals surface area (Å²) in [5.41, 5.74) is 14.2. The Labute approximate surface area is 127 Å². The lowest BCUT2D eigenvalue weighted by molar-refractivity contribution is -0.111. The first kappa shape index (κ1) is 14.4. The van der Waals surface area contributed by atoms with Crippen molar-refractivity contribution in [2.75, 3.05) is 11.5 Å². The maximum absolute atomic E-state index is 10.8. The lowest BCUT2D eigenvalue weighted by Gasteiger charge is -2.05. The van der Waals surface area contributed by atoms with Gasteiger partial charge < -0.3 is 11.5 Å². The van der Waals surface area contributed by atoms with Crippen LogP contribution in [0.1, 0.15) is 5.56 Å². The van der Waals surface area contributed by atoms with Crippen LogP contribution in [-0.4, -0.2) is 13.2 Å². The Bertz CT molecular complexity index is 648. The van der Waals surface area contributed by atoms with Crippen LogP contribution in [0.5, 0.6) is 0 Å². The molecular formula is C13H14IN5O. The molecule has 1 aliphatic heterocycles. The summed E-state index contributed by atoms with van der Waals surface area (Å²) in [6.07, 6.45) is 7.97. The number of rotatable bonds is 3. The van der Waals surface area contributed by atoms with E-state index in [0.29, 0.717) is 17.1 Å². The van der Waals surface area contributed by atoms with E-state index in [1.54, 1.807) is 27.5 Å². The zero-order chi connectivity index (χ0) is 14.5. The van der Waals surface area contributed by atoms with E-state index in [9.17, 15) is 4.79 Å². The van der Waals surface area contributed by atoms with Gasteiger partial charge in [-0.05, 0) is 36.8 Å². The van der Waals surface area contributed by atoms with E-state index in [0.717, 1.165) is 15.6 Å². The van der Waals surface area contributed by atoms with Gasteiger partial charge in [-0.3, -0.25) is 7.91 Å². The fourth-order valence-corrected chi connectivity index (χ4v) is 3.05. The Hall–Kier alpha value is -2.03. The van der Waals surface area contributed by atoms with Crippen molar-refractivity contribution >= 4 is 48.1 Å². The molecule has 0 fully saturated rings. The Morgan fingerprint density at radius 2 is 2.00 bits per heavy atom. The summed E-state index contributed by atoms with van der Waals surface area (Å²) < 4.78 is 2.36. The number of carbonyl (C=O) groups is 1. The van der Waals surface area contributed by atoms with Crippen LogP contribution in [0.4, 0.5) is 17.1 Å². The molecule has 0 saturated heterocycles. The maximum Gasteiger partial charge on any atom is 0.222 e. The van der Waals surface area contributed by atoms with Gasteiger partial charge in [0.15, 0.2) is 0 Å². The topological polar surface area (TPSA) is 97.1 Å². The van der Waals surface area contributed by atoms with Crippen LogP contribution in [0.3, 0.4) is 0 Å². The van der Waals surface area contributed by atoms with E-state index >= 15 is 0 Å². The van der Waals surface area contributed by atoms with Crippen LogP contribution in [-0.2, 0) is 4.79 Å². The number of benzene rings is 1. The van der Waals surface area contributed by atoms with Gasteiger partial charge in [0.05, 0.1) is 5.69 Å². The first-order valence-corrected chi connectivity index (χ1v) is 7.82. The zero-order valence-electron chi connectivity index (χ0n) is 10.8. The van der Waals surface area contributed by atoms with E-state index in [1.165, 1.54) is 0 Å². The number of nitrogens with zero attached hydrogens (tertiary/aromatic N) is 3. The van der Waals surface area contributed by atoms with Gasteiger partial charge in [0.2, 0.25) is 6.41 Å². The molecule has 0 bridgehead atoms. The van der Waals surface area contributed by atoms with Gasteiger partial charge in [-0.25, -0.2) is 0 Å². The third kappa shape index (κ3) is 3.50. The van der Waals surface area contributed by atoms with E-state index < -0.39 is 21.0 Å². The first-order chi connectivity index (χ1) is 9.60. The van der Waals surface area contributed by atoms with Crippen molar-refractivity contribution in [1.29, 1.82) is 0 Å². The number of carbonyl (C=O) groups excluding carboxylic acids is 1. The minimum absolute atomic E-state index is 0.485. The van der Waals surface area contributed by atoms with Crippen molar-refractivity contribution in [2.24, 2.45) is 10.2 Å². The predicted octanol–water partition coefficient (Wildman–Crippen LogP) is 2.80. The molecule has 6 nitrogen and oxygen atoms in total. The van der Waals surface area contributed by atoms with Crippen LogP contribution in [0.15, 0.2) is 46.8 Å². The second-order valence-electron chi connectivity index (χ2n) is 4.03. The number of nitrogen functional groups attached to an aromatic ring is 2. The summed E-state index contributed by atoms with van der Waals surface area (Å²) in [5.74, 6) is 0. The summed E-state index contributed by atoms with van der Waals surface area (Å²) in [5, 5.41) is 8.34. The van der Waals surface area contributed by atoms with Crippen molar-refractivity contribution in [3.05, 3.63) is 42.1 Å². The van der Waals surface area contributed by atoms with Gasteiger partial charge in [-0.2, -0.15) is 0 Å². The Balaban J connectivity index is 2.27. The molecule has 20 heavy (non-hydrogen) atoms. The fourth-order valence-electron chi connectivity index (χ4n) is 1.44. The molecule has 1 aliphatic rings. The summed E-state index contributed by atoms with van der Waals surface area (Å²) in [7, 11) is 0. The van der Waals surface area contributed by atoms with Gasteiger partial charge in [-0.15, -0.1) is 10.2 Å². The molecule has 7 heteroatoms. The molecular weight excluding hydrogens is 369 g/mol. The molecule has 1 aromatic rings. The van der Waals surface area contributed by atoms with Gasteiger partial charge in [0, 0.05) is 32.9 Å². The molecule has 0 spiro atoms. The number of anilines is 2. The van der Waals surface area contributed by atoms with Gasteiger partial charge in [-0.1, -0.05) is 6.08 Å². The fraction of sp³-hybridized carbons (Fsp3) is 0.0769. The van der Waals surface area contributed by atoms with Gasteiger partial charge >= 0.3 is 0 Å². The molecule has 0 atom stereocenters. The second kappa shape index (κ2) is 6.42. The minimum Gasteiger partial charge on any atom is -0.398 e. The predicted molar refractivity (Wildman–Crippen MR) is 89.7 cm³/mol. The molecule has 104 valence electrons. The van der Waals surface area contributed by atoms with Crippen molar-refractivity contribution in [3.63, 3.8) is 0 Å². The summed E-state index contributed by atoms with van der Waals surface area (Å²) in [6.45, 7) is 1.89. The molecule has 0 radical (unpaired) electrons. The Morgan fingerprint density at radius 1 is 1.20 bits per heavy atom. The largest absolute Gasteiger partial charge is 0.398 e. The highest BCUT2D eigenvalue weighted by atomic mass is 127. The number of nitrogens with two attached hydrogens (primary N) is 2. The van der Waals surface area contributed by atoms with Crippen LogP contribution in [0.2, 0.25) is 0 Å². The lowest BCUT2D eigenvalue weighted by Crippen LogP contribution is -1.99. The van der Waals surface area contributed by atoms with Crippen LogP contribution < -0.4 is 11.5 Å². The molecule has 4 N–H and O–H groups in total. The van der Waals surface area contributed by atoms with E-state index in [-0.39, 0.29) is 0 Å². The summed E-state index contributed by atoms with van der Waals surface area (Å²) in [4.78, 5) is 10.8. The molecule has 0 aliphatic carbocycles. The van der Waals surface area contributed by atoms with Crippen molar-refractivity contribution in [1.82, 2.24) is 3.11 Å². The van der Waals surface area contributed by atoms with Crippen LogP contribution in [0.25, 0.3) is 0 Å². The highest BCUT2D eigenvalue weighted by Crippen LogP contribution is 2.28. The quantitative estimate of drug-likeness (QED) is 0.276. The number of aryl methyl sites for hydroxylation is 1. The number of allylic oxidation sites excluding steroid dienone is 2. The van der Waals surface area contributed by atoms with Crippen molar-refractivity contribution in [2.45, 2.75) is 6.92 Å². The first-order valence-electron chi connectivity index (χ1n) is 5.78.